The number of carbonyl (C=O) groups is 1. The molecule has 0 radical (unpaired) electrons. The van der Waals surface area contributed by atoms with Crippen molar-refractivity contribution in [2.75, 3.05) is 10.5 Å². The Morgan fingerprint density at radius 2 is 1.95 bits per heavy atom. The van der Waals surface area contributed by atoms with Crippen LogP contribution in [0.1, 0.15) is 6.42 Å². The van der Waals surface area contributed by atoms with Gasteiger partial charge in [-0.25, -0.2) is 13.2 Å². The molecule has 1 heterocycles. The van der Waals surface area contributed by atoms with E-state index in [4.69, 9.17) is 5.11 Å². The summed E-state index contributed by atoms with van der Waals surface area (Å²) in [6.45, 7) is 0. The number of hydrogen-bond acceptors (Lipinski definition) is 4. The van der Waals surface area contributed by atoms with Gasteiger partial charge in [-0.3, -0.25) is 14.1 Å². The predicted molar refractivity (Wildman–Crippen MR) is 76.1 cm³/mol. The molecular weight excluding hydrogens is 298 g/mol. The lowest BCUT2D eigenvalue weighted by atomic mass is 10.3. The number of anilines is 1. The van der Waals surface area contributed by atoms with Crippen molar-refractivity contribution in [3.8, 4) is 5.69 Å². The van der Waals surface area contributed by atoms with Crippen molar-refractivity contribution in [2.45, 2.75) is 6.42 Å². The molecule has 112 valence electrons. The molecule has 8 nitrogen and oxygen atoms in total. The van der Waals surface area contributed by atoms with Crippen molar-refractivity contribution < 1.29 is 18.3 Å². The summed E-state index contributed by atoms with van der Waals surface area (Å²) in [6.07, 6.45) is 2.57. The van der Waals surface area contributed by atoms with Crippen LogP contribution in [0.25, 0.3) is 5.69 Å². The molecule has 9 heteroatoms. The van der Waals surface area contributed by atoms with Crippen molar-refractivity contribution in [1.29, 1.82) is 0 Å². The number of aromatic amines is 1. The first-order valence-electron chi connectivity index (χ1n) is 5.96. The first-order valence-corrected chi connectivity index (χ1v) is 7.61. The second-order valence-corrected chi connectivity index (χ2v) is 6.09. The van der Waals surface area contributed by atoms with Crippen molar-refractivity contribution in [3.05, 3.63) is 47.1 Å². The minimum absolute atomic E-state index is 0.299. The molecule has 0 saturated carbocycles. The van der Waals surface area contributed by atoms with Gasteiger partial charge >= 0.3 is 11.7 Å². The highest BCUT2D eigenvalue weighted by molar-refractivity contribution is 7.92. The predicted octanol–water partition coefficient (Wildman–Crippen LogP) is 0.382. The third-order valence-electron chi connectivity index (χ3n) is 2.65. The van der Waals surface area contributed by atoms with Gasteiger partial charge in [-0.2, -0.15) is 0 Å². The summed E-state index contributed by atoms with van der Waals surface area (Å²) >= 11 is 0. The number of imidazole rings is 1. The average Bonchev–Trinajstić information content (AvgIpc) is 2.83. The fraction of sp³-hybridized carbons (Fsp3) is 0.167. The highest BCUT2D eigenvalue weighted by atomic mass is 32.2. The molecule has 0 aliphatic rings. The Bertz CT molecular complexity index is 789. The summed E-state index contributed by atoms with van der Waals surface area (Å²) in [7, 11) is -3.71. The van der Waals surface area contributed by atoms with Gasteiger partial charge in [0.25, 0.3) is 0 Å². The number of hydrogen-bond donors (Lipinski definition) is 3. The Hall–Kier alpha value is -2.55. The fourth-order valence-electron chi connectivity index (χ4n) is 1.67. The SMILES string of the molecule is O=C(O)CCS(=O)(=O)Nc1ccc(-n2cc[nH]c2=O)cc1. The van der Waals surface area contributed by atoms with Crippen LogP contribution in [0.2, 0.25) is 0 Å². The Kier molecular flexibility index (Phi) is 4.13. The quantitative estimate of drug-likeness (QED) is 0.712. The smallest absolute Gasteiger partial charge is 0.330 e. The van der Waals surface area contributed by atoms with Crippen LogP contribution in [0, 0.1) is 0 Å². The van der Waals surface area contributed by atoms with Crippen LogP contribution in [0.4, 0.5) is 5.69 Å². The van der Waals surface area contributed by atoms with E-state index in [1.807, 2.05) is 0 Å². The zero-order valence-electron chi connectivity index (χ0n) is 10.8. The van der Waals surface area contributed by atoms with E-state index in [0.29, 0.717) is 11.4 Å². The summed E-state index contributed by atoms with van der Waals surface area (Å²) in [5.41, 5.74) is 0.576. The lowest BCUT2D eigenvalue weighted by Gasteiger charge is -2.08. The van der Waals surface area contributed by atoms with E-state index in [1.165, 1.54) is 22.9 Å². The van der Waals surface area contributed by atoms with Crippen molar-refractivity contribution in [2.24, 2.45) is 0 Å². The zero-order valence-corrected chi connectivity index (χ0v) is 11.6. The van der Waals surface area contributed by atoms with Gasteiger partial charge in [-0.15, -0.1) is 0 Å². The highest BCUT2D eigenvalue weighted by Gasteiger charge is 2.12. The standard InChI is InChI=1S/C12H13N3O5S/c16-11(17)5-8-21(19,20)14-9-1-3-10(4-2-9)15-7-6-13-12(15)18/h1-4,6-7,14H,5,8H2,(H,13,18)(H,16,17). The molecule has 3 N–H and O–H groups in total. The maximum Gasteiger partial charge on any atom is 0.330 e. The zero-order chi connectivity index (χ0) is 15.5. The largest absolute Gasteiger partial charge is 0.481 e. The molecule has 0 unspecified atom stereocenters. The van der Waals surface area contributed by atoms with Crippen LogP contribution in [0.5, 0.6) is 0 Å². The van der Waals surface area contributed by atoms with E-state index >= 15 is 0 Å². The van der Waals surface area contributed by atoms with Gasteiger partial charge in [-0.1, -0.05) is 0 Å². The van der Waals surface area contributed by atoms with Crippen molar-refractivity contribution in [3.63, 3.8) is 0 Å². The number of aliphatic carboxylic acids is 1. The third kappa shape index (κ3) is 3.96. The van der Waals surface area contributed by atoms with Gasteiger partial charge in [0.05, 0.1) is 17.9 Å². The van der Waals surface area contributed by atoms with E-state index in [-0.39, 0.29) is 5.69 Å². The molecule has 0 amide bonds. The van der Waals surface area contributed by atoms with E-state index in [0.717, 1.165) is 0 Å². The maximum atomic E-state index is 11.6. The van der Waals surface area contributed by atoms with Gasteiger partial charge in [0, 0.05) is 18.1 Å². The lowest BCUT2D eigenvalue weighted by Crippen LogP contribution is -2.19. The van der Waals surface area contributed by atoms with Crippen molar-refractivity contribution in [1.82, 2.24) is 9.55 Å². The normalized spacial score (nSPS) is 11.2. The van der Waals surface area contributed by atoms with Crippen LogP contribution in [0.3, 0.4) is 0 Å². The molecule has 2 rings (SSSR count). The van der Waals surface area contributed by atoms with Gasteiger partial charge in [-0.05, 0) is 24.3 Å². The maximum absolute atomic E-state index is 11.6. The lowest BCUT2D eigenvalue weighted by molar-refractivity contribution is -0.136. The molecular formula is C12H13N3O5S. The number of H-pyrrole nitrogens is 1. The van der Waals surface area contributed by atoms with Gasteiger partial charge in [0.1, 0.15) is 0 Å². The number of rotatable bonds is 6. The number of aromatic nitrogens is 2. The number of carboxylic acid groups (broad SMARTS) is 1. The second-order valence-electron chi connectivity index (χ2n) is 4.25. The van der Waals surface area contributed by atoms with Crippen LogP contribution in [0.15, 0.2) is 41.5 Å². The molecule has 0 spiro atoms. The minimum atomic E-state index is -3.71. The van der Waals surface area contributed by atoms with E-state index in [1.54, 1.807) is 18.3 Å². The van der Waals surface area contributed by atoms with Gasteiger partial charge < -0.3 is 10.1 Å². The number of nitrogens with zero attached hydrogens (tertiary/aromatic N) is 1. The molecule has 0 saturated heterocycles. The van der Waals surface area contributed by atoms with Crippen LogP contribution in [-0.2, 0) is 14.8 Å². The molecule has 0 atom stereocenters. The average molecular weight is 311 g/mol. The molecule has 0 bridgehead atoms. The fourth-order valence-corrected chi connectivity index (χ4v) is 2.71. The van der Waals surface area contributed by atoms with Gasteiger partial charge in [0.15, 0.2) is 0 Å². The molecule has 0 aliphatic heterocycles. The molecule has 1 aromatic carbocycles. The summed E-state index contributed by atoms with van der Waals surface area (Å²) < 4.78 is 26.9. The number of sulfonamides is 1. The molecule has 2 aromatic rings. The molecule has 0 aliphatic carbocycles. The number of benzene rings is 1. The minimum Gasteiger partial charge on any atom is -0.481 e. The summed E-state index contributed by atoms with van der Waals surface area (Å²) in [5, 5.41) is 8.48. The topological polar surface area (TPSA) is 121 Å². The molecule has 21 heavy (non-hydrogen) atoms. The monoisotopic (exact) mass is 311 g/mol. The third-order valence-corrected chi connectivity index (χ3v) is 3.94. The Labute approximate surface area is 120 Å². The summed E-state index contributed by atoms with van der Waals surface area (Å²) in [5.74, 6) is -1.68. The number of nitrogens with one attached hydrogen (secondary N) is 2. The van der Waals surface area contributed by atoms with Crippen LogP contribution >= 0.6 is 0 Å². The molecule has 0 fully saturated rings. The Balaban J connectivity index is 2.11. The summed E-state index contributed by atoms with van der Waals surface area (Å²) in [6, 6.07) is 6.13. The van der Waals surface area contributed by atoms with E-state index in [9.17, 15) is 18.0 Å². The molecule has 1 aromatic heterocycles. The highest BCUT2D eigenvalue weighted by Crippen LogP contribution is 2.13. The first-order chi connectivity index (χ1) is 9.87. The van der Waals surface area contributed by atoms with Crippen LogP contribution < -0.4 is 10.4 Å². The number of carboxylic acids is 1. The second kappa shape index (κ2) is 5.83. The van der Waals surface area contributed by atoms with Crippen LogP contribution in [-0.4, -0.2) is 34.8 Å². The van der Waals surface area contributed by atoms with Crippen molar-refractivity contribution >= 4 is 21.7 Å². The van der Waals surface area contributed by atoms with E-state index < -0.39 is 28.2 Å². The van der Waals surface area contributed by atoms with Gasteiger partial charge in [0.2, 0.25) is 10.0 Å². The Morgan fingerprint density at radius 1 is 1.29 bits per heavy atom. The first kappa shape index (κ1) is 14.9. The Morgan fingerprint density at radius 3 is 2.48 bits per heavy atom. The van der Waals surface area contributed by atoms with E-state index in [2.05, 4.69) is 9.71 Å². The summed E-state index contributed by atoms with van der Waals surface area (Å²) in [4.78, 5) is 24.3.